The Labute approximate surface area is 155 Å². The zero-order valence-corrected chi connectivity index (χ0v) is 15.3. The van der Waals surface area contributed by atoms with Crippen LogP contribution in [0.1, 0.15) is 24.6 Å². The number of imidazole rings is 1. The van der Waals surface area contributed by atoms with Crippen molar-refractivity contribution in [2.45, 2.75) is 26.8 Å². The van der Waals surface area contributed by atoms with Crippen LogP contribution in [-0.4, -0.2) is 20.5 Å². The molecule has 0 fully saturated rings. The fourth-order valence-corrected chi connectivity index (χ4v) is 2.66. The summed E-state index contributed by atoms with van der Waals surface area (Å²) in [6, 6.07) is 9.15. The van der Waals surface area contributed by atoms with E-state index in [9.17, 15) is 4.79 Å². The highest BCUT2D eigenvalue weighted by Crippen LogP contribution is 2.23. The van der Waals surface area contributed by atoms with E-state index in [2.05, 4.69) is 20.7 Å². The first-order chi connectivity index (χ1) is 12.0. The number of nitrogens with one attached hydrogen (secondary N) is 2. The molecule has 0 aliphatic carbocycles. The van der Waals surface area contributed by atoms with Crippen LogP contribution >= 0.6 is 23.2 Å². The van der Waals surface area contributed by atoms with Gasteiger partial charge in [0.1, 0.15) is 5.82 Å². The van der Waals surface area contributed by atoms with Gasteiger partial charge in [-0.2, -0.15) is 4.52 Å². The van der Waals surface area contributed by atoms with E-state index in [1.165, 1.54) is 0 Å². The number of anilines is 2. The minimum atomic E-state index is -0.0825. The van der Waals surface area contributed by atoms with E-state index in [0.717, 1.165) is 11.3 Å². The Kier molecular flexibility index (Phi) is 5.11. The average molecular weight is 378 g/mol. The summed E-state index contributed by atoms with van der Waals surface area (Å²) in [4.78, 5) is 16.1. The fourth-order valence-electron chi connectivity index (χ4n) is 2.34. The predicted octanol–water partition coefficient (Wildman–Crippen LogP) is 4.31. The van der Waals surface area contributed by atoms with E-state index < -0.39 is 0 Å². The van der Waals surface area contributed by atoms with Gasteiger partial charge in [0.2, 0.25) is 5.91 Å². The number of aromatic nitrogens is 3. The van der Waals surface area contributed by atoms with E-state index in [1.807, 2.05) is 31.2 Å². The molecule has 130 valence electrons. The molecular formula is C17H17Cl2N5O. The number of aryl methyl sites for hydroxylation is 1. The van der Waals surface area contributed by atoms with Crippen LogP contribution in [0.5, 0.6) is 0 Å². The van der Waals surface area contributed by atoms with Crippen LogP contribution in [0.25, 0.3) is 5.65 Å². The number of carbonyl (C=O) groups excluding carboxylic acids is 1. The van der Waals surface area contributed by atoms with Crippen LogP contribution in [0, 0.1) is 6.92 Å². The van der Waals surface area contributed by atoms with Gasteiger partial charge < -0.3 is 10.6 Å². The standard InChI is InChI=1S/C17H17Cl2N5O/c1-3-16(25)22-17-10(2)21-15-7-6-14(23-24(15)17)20-9-11-4-5-12(18)13(19)8-11/h4-8H,3,9H2,1-2H3,(H,20,23)(H,22,25). The number of rotatable bonds is 5. The molecule has 0 saturated heterocycles. The van der Waals surface area contributed by atoms with E-state index in [-0.39, 0.29) is 5.91 Å². The number of benzene rings is 1. The summed E-state index contributed by atoms with van der Waals surface area (Å²) in [5, 5.41) is 11.6. The first-order valence-corrected chi connectivity index (χ1v) is 8.57. The largest absolute Gasteiger partial charge is 0.365 e. The fraction of sp³-hybridized carbons (Fsp3) is 0.235. The maximum atomic E-state index is 11.7. The van der Waals surface area contributed by atoms with Gasteiger partial charge in [0.25, 0.3) is 0 Å². The molecular weight excluding hydrogens is 361 g/mol. The number of fused-ring (bicyclic) bond motifs is 1. The van der Waals surface area contributed by atoms with Gasteiger partial charge in [0.05, 0.1) is 15.7 Å². The molecule has 25 heavy (non-hydrogen) atoms. The molecule has 0 atom stereocenters. The molecule has 1 aromatic carbocycles. The average Bonchev–Trinajstić information content (AvgIpc) is 2.91. The maximum absolute atomic E-state index is 11.7. The molecule has 0 spiro atoms. The third-order valence-electron chi connectivity index (χ3n) is 3.69. The second-order valence-corrected chi connectivity index (χ2v) is 6.35. The molecule has 3 aromatic rings. The first-order valence-electron chi connectivity index (χ1n) is 7.82. The van der Waals surface area contributed by atoms with Crippen molar-refractivity contribution in [3.05, 3.63) is 51.6 Å². The van der Waals surface area contributed by atoms with Crippen LogP contribution in [-0.2, 0) is 11.3 Å². The number of carbonyl (C=O) groups is 1. The smallest absolute Gasteiger partial charge is 0.225 e. The molecule has 2 heterocycles. The number of nitrogens with zero attached hydrogens (tertiary/aromatic N) is 3. The van der Waals surface area contributed by atoms with E-state index in [4.69, 9.17) is 23.2 Å². The van der Waals surface area contributed by atoms with Gasteiger partial charge >= 0.3 is 0 Å². The summed E-state index contributed by atoms with van der Waals surface area (Å²) in [5.41, 5.74) is 2.37. The van der Waals surface area contributed by atoms with Crippen LogP contribution in [0.15, 0.2) is 30.3 Å². The maximum Gasteiger partial charge on any atom is 0.225 e. The molecule has 3 rings (SSSR count). The molecule has 2 N–H and O–H groups in total. The molecule has 0 aliphatic heterocycles. The summed E-state index contributed by atoms with van der Waals surface area (Å²) in [6.07, 6.45) is 0.391. The molecule has 0 bridgehead atoms. The second-order valence-electron chi connectivity index (χ2n) is 5.54. The summed E-state index contributed by atoms with van der Waals surface area (Å²) in [7, 11) is 0. The highest BCUT2D eigenvalue weighted by Gasteiger charge is 2.12. The highest BCUT2D eigenvalue weighted by atomic mass is 35.5. The molecule has 1 amide bonds. The van der Waals surface area contributed by atoms with Gasteiger partial charge in [-0.15, -0.1) is 5.10 Å². The lowest BCUT2D eigenvalue weighted by molar-refractivity contribution is -0.115. The molecule has 0 radical (unpaired) electrons. The molecule has 2 aromatic heterocycles. The zero-order chi connectivity index (χ0) is 18.0. The van der Waals surface area contributed by atoms with Gasteiger partial charge in [0, 0.05) is 13.0 Å². The van der Waals surface area contributed by atoms with Gasteiger partial charge in [-0.25, -0.2) is 4.98 Å². The van der Waals surface area contributed by atoms with Gasteiger partial charge in [0.15, 0.2) is 11.5 Å². The SMILES string of the molecule is CCC(=O)Nc1c(C)nc2ccc(NCc3ccc(Cl)c(Cl)c3)nn12. The Balaban J connectivity index is 1.83. The van der Waals surface area contributed by atoms with Crippen molar-refractivity contribution in [1.29, 1.82) is 0 Å². The summed E-state index contributed by atoms with van der Waals surface area (Å²) in [5.74, 6) is 1.16. The molecule has 0 aliphatic rings. The second kappa shape index (κ2) is 7.29. The van der Waals surface area contributed by atoms with Gasteiger partial charge in [-0.3, -0.25) is 4.79 Å². The minimum absolute atomic E-state index is 0.0825. The number of amides is 1. The van der Waals surface area contributed by atoms with Crippen LogP contribution in [0.2, 0.25) is 10.0 Å². The molecule has 0 saturated carbocycles. The Morgan fingerprint density at radius 3 is 2.72 bits per heavy atom. The molecule has 6 nitrogen and oxygen atoms in total. The van der Waals surface area contributed by atoms with Crippen LogP contribution in [0.3, 0.4) is 0 Å². The number of halogens is 2. The number of hydrogen-bond donors (Lipinski definition) is 2. The van der Waals surface area contributed by atoms with Crippen molar-refractivity contribution in [1.82, 2.24) is 14.6 Å². The third kappa shape index (κ3) is 3.86. The van der Waals surface area contributed by atoms with Gasteiger partial charge in [-0.1, -0.05) is 36.2 Å². The van der Waals surface area contributed by atoms with Gasteiger partial charge in [-0.05, 0) is 36.8 Å². The van der Waals surface area contributed by atoms with Crippen molar-refractivity contribution in [3.63, 3.8) is 0 Å². The Morgan fingerprint density at radius 2 is 2.00 bits per heavy atom. The topological polar surface area (TPSA) is 71.3 Å². The van der Waals surface area contributed by atoms with E-state index in [0.29, 0.717) is 40.3 Å². The number of hydrogen-bond acceptors (Lipinski definition) is 4. The lowest BCUT2D eigenvalue weighted by Gasteiger charge is -2.08. The predicted molar refractivity (Wildman–Crippen MR) is 100 cm³/mol. The lowest BCUT2D eigenvalue weighted by Crippen LogP contribution is -2.13. The summed E-state index contributed by atoms with van der Waals surface area (Å²) >= 11 is 12.0. The van der Waals surface area contributed by atoms with Crippen LogP contribution < -0.4 is 10.6 Å². The quantitative estimate of drug-likeness (QED) is 0.694. The summed E-state index contributed by atoms with van der Waals surface area (Å²) < 4.78 is 1.63. The monoisotopic (exact) mass is 377 g/mol. The highest BCUT2D eigenvalue weighted by molar-refractivity contribution is 6.42. The molecule has 8 heteroatoms. The van der Waals surface area contributed by atoms with Crippen molar-refractivity contribution < 1.29 is 4.79 Å². The van der Waals surface area contributed by atoms with Crippen LogP contribution in [0.4, 0.5) is 11.6 Å². The van der Waals surface area contributed by atoms with Crippen molar-refractivity contribution in [2.24, 2.45) is 0 Å². The van der Waals surface area contributed by atoms with E-state index in [1.54, 1.807) is 17.5 Å². The summed E-state index contributed by atoms with van der Waals surface area (Å²) in [6.45, 7) is 4.17. The zero-order valence-electron chi connectivity index (χ0n) is 13.8. The first kappa shape index (κ1) is 17.5. The normalized spacial score (nSPS) is 10.9. The van der Waals surface area contributed by atoms with E-state index >= 15 is 0 Å². The Hall–Kier alpha value is -2.31. The third-order valence-corrected chi connectivity index (χ3v) is 4.43. The lowest BCUT2D eigenvalue weighted by atomic mass is 10.2. The van der Waals surface area contributed by atoms with Crippen molar-refractivity contribution in [2.75, 3.05) is 10.6 Å². The minimum Gasteiger partial charge on any atom is -0.365 e. The van der Waals surface area contributed by atoms with Crippen molar-refractivity contribution >= 4 is 46.4 Å². The van der Waals surface area contributed by atoms with Crippen molar-refractivity contribution in [3.8, 4) is 0 Å². The Morgan fingerprint density at radius 1 is 1.20 bits per heavy atom. The Bertz CT molecular complexity index is 938. The molecule has 0 unspecified atom stereocenters.